The molecule has 1 aliphatic heterocycles. The van der Waals surface area contributed by atoms with E-state index in [1.54, 1.807) is 0 Å². The molecule has 0 aromatic heterocycles. The lowest BCUT2D eigenvalue weighted by Gasteiger charge is -2.21. The molecule has 3 heteroatoms. The van der Waals surface area contributed by atoms with Gasteiger partial charge in [0, 0.05) is 25.6 Å². The maximum atomic E-state index is 8.34. The minimum atomic E-state index is 0.609. The molecule has 0 aromatic carbocycles. The lowest BCUT2D eigenvalue weighted by molar-refractivity contribution is 0.00504. The van der Waals surface area contributed by atoms with Crippen LogP contribution >= 0.6 is 0 Å². The van der Waals surface area contributed by atoms with Crippen molar-refractivity contribution in [1.29, 1.82) is 5.26 Å². The second-order valence-corrected chi connectivity index (χ2v) is 4.13. The average Bonchev–Trinajstić information content (AvgIpc) is 2.29. The highest BCUT2D eigenvalue weighted by Gasteiger charge is 2.13. The van der Waals surface area contributed by atoms with Gasteiger partial charge in [0.2, 0.25) is 0 Å². The third-order valence-corrected chi connectivity index (χ3v) is 2.69. The Morgan fingerprint density at radius 1 is 1.33 bits per heavy atom. The molecule has 0 radical (unpaired) electrons. The van der Waals surface area contributed by atoms with Gasteiger partial charge in [0.15, 0.2) is 0 Å². The van der Waals surface area contributed by atoms with E-state index in [4.69, 9.17) is 14.7 Å². The van der Waals surface area contributed by atoms with Gasteiger partial charge in [0.25, 0.3) is 0 Å². The molecule has 15 heavy (non-hydrogen) atoms. The molecule has 1 heterocycles. The smallest absolute Gasteiger partial charge is 0.0621 e. The fourth-order valence-electron chi connectivity index (χ4n) is 1.77. The lowest BCUT2D eigenvalue weighted by Crippen LogP contribution is -2.22. The van der Waals surface area contributed by atoms with Crippen LogP contribution in [0.3, 0.4) is 0 Å². The van der Waals surface area contributed by atoms with Crippen molar-refractivity contribution in [2.45, 2.75) is 38.5 Å². The Morgan fingerprint density at radius 2 is 2.27 bits per heavy atom. The van der Waals surface area contributed by atoms with Crippen LogP contribution in [0.2, 0.25) is 0 Å². The molecule has 0 bridgehead atoms. The molecule has 0 saturated carbocycles. The summed E-state index contributed by atoms with van der Waals surface area (Å²) in [4.78, 5) is 0. The van der Waals surface area contributed by atoms with E-state index in [1.165, 1.54) is 12.8 Å². The van der Waals surface area contributed by atoms with Crippen LogP contribution < -0.4 is 0 Å². The van der Waals surface area contributed by atoms with E-state index in [1.807, 2.05) is 0 Å². The molecule has 0 aliphatic carbocycles. The Balaban J connectivity index is 1.82. The molecule has 1 atom stereocenters. The molecule has 1 rings (SSSR count). The molecule has 1 aliphatic rings. The number of nitrogens with zero attached hydrogens (tertiary/aromatic N) is 1. The Bertz CT molecular complexity index is 183. The van der Waals surface area contributed by atoms with Crippen molar-refractivity contribution < 1.29 is 9.47 Å². The Kier molecular flexibility index (Phi) is 7.24. The maximum absolute atomic E-state index is 8.34. The van der Waals surface area contributed by atoms with Crippen molar-refractivity contribution in [1.82, 2.24) is 0 Å². The van der Waals surface area contributed by atoms with Crippen molar-refractivity contribution in [3.05, 3.63) is 0 Å². The zero-order chi connectivity index (χ0) is 10.8. The van der Waals surface area contributed by atoms with Crippen molar-refractivity contribution in [2.75, 3.05) is 26.4 Å². The summed E-state index contributed by atoms with van der Waals surface area (Å²) in [5.74, 6) is 0.609. The first kappa shape index (κ1) is 12.5. The van der Waals surface area contributed by atoms with Gasteiger partial charge in [-0.2, -0.15) is 5.26 Å². The second kappa shape index (κ2) is 8.70. The first-order valence-corrected chi connectivity index (χ1v) is 5.96. The molecular weight excluding hydrogens is 190 g/mol. The lowest BCUT2D eigenvalue weighted by atomic mass is 10.0. The van der Waals surface area contributed by atoms with Gasteiger partial charge in [-0.3, -0.25) is 0 Å². The van der Waals surface area contributed by atoms with E-state index < -0.39 is 0 Å². The fraction of sp³-hybridized carbons (Fsp3) is 0.917. The summed E-state index contributed by atoms with van der Waals surface area (Å²) in [6.45, 7) is 3.47. The molecule has 86 valence electrons. The number of unbranched alkanes of at least 4 members (excludes halogenated alkanes) is 3. The maximum Gasteiger partial charge on any atom is 0.0621 e. The molecule has 0 spiro atoms. The van der Waals surface area contributed by atoms with Gasteiger partial charge >= 0.3 is 0 Å². The average molecular weight is 211 g/mol. The fourth-order valence-corrected chi connectivity index (χ4v) is 1.77. The summed E-state index contributed by atoms with van der Waals surface area (Å²) in [5, 5.41) is 8.34. The Labute approximate surface area is 92.4 Å². The number of hydrogen-bond acceptors (Lipinski definition) is 3. The highest BCUT2D eigenvalue weighted by Crippen LogP contribution is 2.13. The SMILES string of the molecule is N#CCCCCCOCC1CCCOC1. The highest BCUT2D eigenvalue weighted by atomic mass is 16.5. The van der Waals surface area contributed by atoms with Crippen LogP contribution in [0.4, 0.5) is 0 Å². The third-order valence-electron chi connectivity index (χ3n) is 2.69. The van der Waals surface area contributed by atoms with Crippen molar-refractivity contribution in [2.24, 2.45) is 5.92 Å². The number of nitriles is 1. The summed E-state index contributed by atoms with van der Waals surface area (Å²) < 4.78 is 11.0. The van der Waals surface area contributed by atoms with Crippen molar-refractivity contribution >= 4 is 0 Å². The van der Waals surface area contributed by atoms with Crippen LogP contribution in [0.5, 0.6) is 0 Å². The Morgan fingerprint density at radius 3 is 3.00 bits per heavy atom. The van der Waals surface area contributed by atoms with Gasteiger partial charge in [-0.1, -0.05) is 6.42 Å². The molecule has 0 amide bonds. The van der Waals surface area contributed by atoms with Crippen LogP contribution in [-0.2, 0) is 9.47 Å². The van der Waals surface area contributed by atoms with Gasteiger partial charge in [-0.05, 0) is 25.7 Å². The molecule has 0 aromatic rings. The minimum absolute atomic E-state index is 0.609. The predicted molar refractivity (Wildman–Crippen MR) is 58.4 cm³/mol. The first-order valence-electron chi connectivity index (χ1n) is 5.96. The monoisotopic (exact) mass is 211 g/mol. The van der Waals surface area contributed by atoms with Crippen LogP contribution in [-0.4, -0.2) is 26.4 Å². The van der Waals surface area contributed by atoms with E-state index in [0.29, 0.717) is 12.3 Å². The molecule has 3 nitrogen and oxygen atoms in total. The summed E-state index contributed by atoms with van der Waals surface area (Å²) in [6.07, 6.45) is 6.29. The standard InChI is InChI=1S/C12H21NO2/c13-7-3-1-2-4-8-14-10-12-6-5-9-15-11-12/h12H,1-6,8-11H2. The summed E-state index contributed by atoms with van der Waals surface area (Å²) in [7, 11) is 0. The summed E-state index contributed by atoms with van der Waals surface area (Å²) in [6, 6.07) is 2.15. The van der Waals surface area contributed by atoms with Gasteiger partial charge in [0.1, 0.15) is 0 Å². The van der Waals surface area contributed by atoms with Crippen LogP contribution in [0.15, 0.2) is 0 Å². The van der Waals surface area contributed by atoms with E-state index >= 15 is 0 Å². The molecule has 0 N–H and O–H groups in total. The van der Waals surface area contributed by atoms with Crippen LogP contribution in [0.1, 0.15) is 38.5 Å². The zero-order valence-electron chi connectivity index (χ0n) is 9.41. The molecular formula is C12H21NO2. The molecule has 1 unspecified atom stereocenters. The topological polar surface area (TPSA) is 42.2 Å². The van der Waals surface area contributed by atoms with Crippen molar-refractivity contribution in [3.8, 4) is 6.07 Å². The second-order valence-electron chi connectivity index (χ2n) is 4.13. The largest absolute Gasteiger partial charge is 0.381 e. The third kappa shape index (κ3) is 6.48. The van der Waals surface area contributed by atoms with Crippen molar-refractivity contribution in [3.63, 3.8) is 0 Å². The van der Waals surface area contributed by atoms with Gasteiger partial charge in [-0.25, -0.2) is 0 Å². The molecule has 1 saturated heterocycles. The normalized spacial score (nSPS) is 21.1. The predicted octanol–water partition coefficient (Wildman–Crippen LogP) is 2.51. The Hall–Kier alpha value is -0.590. The zero-order valence-corrected chi connectivity index (χ0v) is 9.41. The minimum Gasteiger partial charge on any atom is -0.381 e. The van der Waals surface area contributed by atoms with Gasteiger partial charge in [-0.15, -0.1) is 0 Å². The van der Waals surface area contributed by atoms with E-state index in [-0.39, 0.29) is 0 Å². The summed E-state index contributed by atoms with van der Waals surface area (Å²) in [5.41, 5.74) is 0. The van der Waals surface area contributed by atoms with Gasteiger partial charge in [0.05, 0.1) is 19.3 Å². The number of rotatable bonds is 7. The van der Waals surface area contributed by atoms with E-state index in [0.717, 1.165) is 45.7 Å². The van der Waals surface area contributed by atoms with E-state index in [2.05, 4.69) is 6.07 Å². The first-order chi connectivity index (χ1) is 7.43. The summed E-state index contributed by atoms with van der Waals surface area (Å²) >= 11 is 0. The van der Waals surface area contributed by atoms with Crippen LogP contribution in [0.25, 0.3) is 0 Å². The molecule has 1 fully saturated rings. The van der Waals surface area contributed by atoms with Gasteiger partial charge < -0.3 is 9.47 Å². The van der Waals surface area contributed by atoms with E-state index in [9.17, 15) is 0 Å². The number of hydrogen-bond donors (Lipinski definition) is 0. The van der Waals surface area contributed by atoms with Crippen LogP contribution in [0, 0.1) is 17.2 Å². The highest BCUT2D eigenvalue weighted by molar-refractivity contribution is 4.67. The quantitative estimate of drug-likeness (QED) is 0.608. The number of ether oxygens (including phenoxy) is 2.